The molecule has 2 aromatic rings. The molecule has 2 heterocycles. The summed E-state index contributed by atoms with van der Waals surface area (Å²) in [4.78, 5) is 14.1. The van der Waals surface area contributed by atoms with E-state index in [1.807, 2.05) is 31.4 Å². The molecule has 3 unspecified atom stereocenters. The van der Waals surface area contributed by atoms with Gasteiger partial charge in [0.1, 0.15) is 11.7 Å². The van der Waals surface area contributed by atoms with Crippen molar-refractivity contribution in [1.29, 1.82) is 0 Å². The van der Waals surface area contributed by atoms with E-state index in [1.54, 1.807) is 7.11 Å². The standard InChI is InChI=1S/C30H35NO6/c1-34-22-9-8-20-14-23-28-10-11-30(35-2,21(15-28)18-36-17-19-6-4-3-5-7-19)27-29(28,25(20)26(22)37-27)12-13-31(23)16-24(32)33/h3-9,21,23,27H,10-18H2,1-2H3,(H,32,33)/t21-,23-,27-,28?,29?,30?/m1/s1. The summed E-state index contributed by atoms with van der Waals surface area (Å²) < 4.78 is 25.7. The van der Waals surface area contributed by atoms with Gasteiger partial charge in [0.05, 0.1) is 26.9 Å². The van der Waals surface area contributed by atoms with E-state index in [0.29, 0.717) is 13.2 Å². The van der Waals surface area contributed by atoms with Crippen LogP contribution in [-0.2, 0) is 32.7 Å². The summed E-state index contributed by atoms with van der Waals surface area (Å²) in [6, 6.07) is 14.6. The summed E-state index contributed by atoms with van der Waals surface area (Å²) in [5.41, 5.74) is 3.00. The van der Waals surface area contributed by atoms with Crippen molar-refractivity contribution < 1.29 is 28.8 Å². The molecule has 2 aliphatic heterocycles. The normalized spacial score (nSPS) is 36.6. The minimum Gasteiger partial charge on any atom is -0.493 e. The van der Waals surface area contributed by atoms with Crippen LogP contribution in [0.5, 0.6) is 11.5 Å². The Labute approximate surface area is 217 Å². The number of nitrogens with zero attached hydrogens (tertiary/aromatic N) is 1. The lowest BCUT2D eigenvalue weighted by molar-refractivity contribution is -0.283. The minimum absolute atomic E-state index is 0.0803. The predicted octanol–water partition coefficient (Wildman–Crippen LogP) is 3.81. The van der Waals surface area contributed by atoms with E-state index >= 15 is 0 Å². The van der Waals surface area contributed by atoms with Gasteiger partial charge in [-0.2, -0.15) is 0 Å². The number of hydrogen-bond donors (Lipinski definition) is 1. The Hall–Kier alpha value is -2.61. The highest BCUT2D eigenvalue weighted by atomic mass is 16.6. The molecule has 6 atom stereocenters. The fourth-order valence-electron chi connectivity index (χ4n) is 9.30. The van der Waals surface area contributed by atoms with Gasteiger partial charge in [-0.1, -0.05) is 36.4 Å². The molecule has 0 amide bonds. The maximum Gasteiger partial charge on any atom is 0.317 e. The topological polar surface area (TPSA) is 77.5 Å². The molecule has 0 radical (unpaired) electrons. The Kier molecular flexibility index (Phi) is 5.20. The fourth-order valence-corrected chi connectivity index (χ4v) is 9.30. The first-order valence-corrected chi connectivity index (χ1v) is 13.5. The number of piperidine rings is 1. The number of ether oxygens (including phenoxy) is 4. The first kappa shape index (κ1) is 23.5. The van der Waals surface area contributed by atoms with Gasteiger partial charge in [0.15, 0.2) is 11.5 Å². The largest absolute Gasteiger partial charge is 0.493 e. The molecule has 8 rings (SSSR count). The van der Waals surface area contributed by atoms with E-state index in [-0.39, 0.29) is 35.4 Å². The molecule has 7 nitrogen and oxygen atoms in total. The van der Waals surface area contributed by atoms with Crippen LogP contribution < -0.4 is 9.47 Å². The molecule has 4 bridgehead atoms. The van der Waals surface area contributed by atoms with Crippen molar-refractivity contribution in [3.05, 3.63) is 59.2 Å². The molecular formula is C30H35NO6. The van der Waals surface area contributed by atoms with Gasteiger partial charge in [-0.25, -0.2) is 0 Å². The van der Waals surface area contributed by atoms with Crippen molar-refractivity contribution in [2.24, 2.45) is 11.3 Å². The van der Waals surface area contributed by atoms with Gasteiger partial charge in [0.2, 0.25) is 0 Å². The number of fused-ring (bicyclic) bond motifs is 2. The van der Waals surface area contributed by atoms with Crippen LogP contribution in [0.3, 0.4) is 0 Å². The molecular weight excluding hydrogens is 470 g/mol. The predicted molar refractivity (Wildman–Crippen MR) is 136 cm³/mol. The van der Waals surface area contributed by atoms with E-state index in [9.17, 15) is 9.90 Å². The Morgan fingerprint density at radius 1 is 1.14 bits per heavy atom. The lowest BCUT2D eigenvalue weighted by Gasteiger charge is -2.73. The number of aliphatic carboxylic acids is 1. The lowest BCUT2D eigenvalue weighted by Crippen LogP contribution is -2.81. The van der Waals surface area contributed by atoms with E-state index in [4.69, 9.17) is 18.9 Å². The van der Waals surface area contributed by atoms with E-state index in [1.165, 1.54) is 11.1 Å². The van der Waals surface area contributed by atoms with Gasteiger partial charge in [0.25, 0.3) is 0 Å². The third kappa shape index (κ3) is 2.91. The zero-order valence-electron chi connectivity index (χ0n) is 21.6. The number of benzene rings is 2. The number of carboxylic acids is 1. The SMILES string of the molecule is COc1ccc2c3c1O[C@H]1C4(OC)CCC5(C[C@@H]4COCc4ccccc4)[C@@H](C2)N(CC(=O)O)CCC315. The first-order chi connectivity index (χ1) is 18.0. The number of rotatable bonds is 8. The zero-order valence-corrected chi connectivity index (χ0v) is 21.6. The Morgan fingerprint density at radius 3 is 2.73 bits per heavy atom. The summed E-state index contributed by atoms with van der Waals surface area (Å²) in [5.74, 6) is 1.07. The average Bonchev–Trinajstić information content (AvgIpc) is 3.27. The van der Waals surface area contributed by atoms with Crippen LogP contribution >= 0.6 is 0 Å². The van der Waals surface area contributed by atoms with Crippen LogP contribution in [0.25, 0.3) is 0 Å². The number of methoxy groups -OCH3 is 2. The molecule has 2 spiro atoms. The van der Waals surface area contributed by atoms with Crippen molar-refractivity contribution in [2.45, 2.75) is 61.9 Å². The number of carboxylic acid groups (broad SMARTS) is 1. The molecule has 7 heteroatoms. The molecule has 1 saturated heterocycles. The highest BCUT2D eigenvalue weighted by Gasteiger charge is 2.80. The van der Waals surface area contributed by atoms with Crippen LogP contribution in [0.4, 0.5) is 0 Å². The summed E-state index contributed by atoms with van der Waals surface area (Å²) in [5, 5.41) is 9.78. The van der Waals surface area contributed by atoms with E-state index in [0.717, 1.165) is 55.7 Å². The Morgan fingerprint density at radius 2 is 1.97 bits per heavy atom. The Balaban J connectivity index is 1.33. The van der Waals surface area contributed by atoms with E-state index < -0.39 is 11.6 Å². The van der Waals surface area contributed by atoms with E-state index in [2.05, 4.69) is 23.1 Å². The zero-order chi connectivity index (χ0) is 25.4. The second-order valence-corrected chi connectivity index (χ2v) is 11.7. The third-order valence-corrected chi connectivity index (χ3v) is 10.6. The average molecular weight is 506 g/mol. The Bertz CT molecular complexity index is 1230. The van der Waals surface area contributed by atoms with Crippen LogP contribution in [0.15, 0.2) is 42.5 Å². The van der Waals surface area contributed by atoms with Gasteiger partial charge >= 0.3 is 5.97 Å². The number of hydrogen-bond acceptors (Lipinski definition) is 6. The summed E-state index contributed by atoms with van der Waals surface area (Å²) in [7, 11) is 3.54. The monoisotopic (exact) mass is 505 g/mol. The molecule has 2 aromatic carbocycles. The molecule has 1 N–H and O–H groups in total. The van der Waals surface area contributed by atoms with Gasteiger partial charge < -0.3 is 24.1 Å². The highest BCUT2D eigenvalue weighted by Crippen LogP contribution is 2.76. The van der Waals surface area contributed by atoms with Gasteiger partial charge in [-0.05, 0) is 49.3 Å². The van der Waals surface area contributed by atoms with Gasteiger partial charge in [0, 0.05) is 42.0 Å². The summed E-state index contributed by atoms with van der Waals surface area (Å²) >= 11 is 0. The van der Waals surface area contributed by atoms with Gasteiger partial charge in [-0.15, -0.1) is 0 Å². The maximum atomic E-state index is 11.9. The van der Waals surface area contributed by atoms with Crippen LogP contribution in [0.2, 0.25) is 0 Å². The van der Waals surface area contributed by atoms with Crippen LogP contribution in [0, 0.1) is 11.3 Å². The molecule has 196 valence electrons. The van der Waals surface area contributed by atoms with Crippen LogP contribution in [-0.4, -0.2) is 67.6 Å². The van der Waals surface area contributed by atoms with Crippen molar-refractivity contribution in [3.8, 4) is 11.5 Å². The lowest BCUT2D eigenvalue weighted by atomic mass is 9.35. The molecule has 4 aliphatic carbocycles. The second-order valence-electron chi connectivity index (χ2n) is 11.7. The fraction of sp³-hybridized carbons (Fsp3) is 0.567. The van der Waals surface area contributed by atoms with Crippen molar-refractivity contribution in [2.75, 3.05) is 33.9 Å². The van der Waals surface area contributed by atoms with Gasteiger partial charge in [-0.3, -0.25) is 9.69 Å². The smallest absolute Gasteiger partial charge is 0.317 e. The third-order valence-electron chi connectivity index (χ3n) is 10.6. The summed E-state index contributed by atoms with van der Waals surface area (Å²) in [6.45, 7) is 1.99. The molecule has 4 fully saturated rings. The molecule has 0 aromatic heterocycles. The minimum atomic E-state index is -0.756. The van der Waals surface area contributed by atoms with Crippen molar-refractivity contribution in [3.63, 3.8) is 0 Å². The maximum absolute atomic E-state index is 11.9. The quantitative estimate of drug-likeness (QED) is 0.585. The highest BCUT2D eigenvalue weighted by molar-refractivity contribution is 5.70. The first-order valence-electron chi connectivity index (χ1n) is 13.5. The second kappa shape index (κ2) is 8.19. The van der Waals surface area contributed by atoms with Crippen molar-refractivity contribution in [1.82, 2.24) is 4.90 Å². The molecule has 37 heavy (non-hydrogen) atoms. The summed E-state index contributed by atoms with van der Waals surface area (Å²) in [6.07, 6.45) is 4.42. The number of carbonyl (C=O) groups is 1. The van der Waals surface area contributed by atoms with Crippen molar-refractivity contribution >= 4 is 5.97 Å². The number of likely N-dealkylation sites (tertiary alicyclic amines) is 1. The molecule has 6 aliphatic rings. The molecule has 3 saturated carbocycles. The van der Waals surface area contributed by atoms with Crippen LogP contribution in [0.1, 0.15) is 42.4 Å².